The predicted molar refractivity (Wildman–Crippen MR) is 293 cm³/mol. The van der Waals surface area contributed by atoms with Gasteiger partial charge in [0.2, 0.25) is 41.1 Å². The molecule has 0 radical (unpaired) electrons. The molecule has 2 heterocycles. The number of terminal acetylenes is 1. The number of amides is 5. The second kappa shape index (κ2) is 41.1. The minimum atomic E-state index is -1.72. The number of carboxylic acids is 2. The molecule has 0 aromatic rings. The van der Waals surface area contributed by atoms with Gasteiger partial charge in [-0.3, -0.25) is 24.0 Å². The number of aliphatic hydroxyl groups excluding tert-OH is 4. The number of aliphatic carboxylic acids is 2. The summed E-state index contributed by atoms with van der Waals surface area (Å²) in [6.07, 6.45) is 1.23. The van der Waals surface area contributed by atoms with Gasteiger partial charge in [0.05, 0.1) is 84.0 Å². The van der Waals surface area contributed by atoms with E-state index in [0.717, 1.165) is 12.2 Å². The number of ether oxygens (including phenoxy) is 8. The van der Waals surface area contributed by atoms with Crippen LogP contribution < -0.4 is 44.2 Å². The molecule has 5 amide bonds. The van der Waals surface area contributed by atoms with Crippen molar-refractivity contribution in [3.8, 4) is 12.3 Å². The predicted octanol–water partition coefficient (Wildman–Crippen LogP) is -5.77. The Bertz CT molecular complexity index is 2190. The number of aliphatic imine (C=N–C) groups is 2. The summed E-state index contributed by atoms with van der Waals surface area (Å²) in [6.45, 7) is 2.49. The Balaban J connectivity index is 1.99. The molecule has 0 spiro atoms. The van der Waals surface area contributed by atoms with E-state index in [1.54, 1.807) is 4.90 Å². The molecule has 2 aliphatic rings. The van der Waals surface area contributed by atoms with E-state index in [2.05, 4.69) is 37.2 Å². The Kier molecular flexibility index (Phi) is 35.8. The highest BCUT2D eigenvalue weighted by Gasteiger charge is 2.46. The first kappa shape index (κ1) is 72.2. The Labute approximate surface area is 481 Å². The first-order valence-corrected chi connectivity index (χ1v) is 26.9. The standard InChI is InChI=1S/C51H85N11O21/c1-4-16-76-18-20-78-22-23-79-21-19-77-17-11-42(71)62(15-10-6-8-13-57-41(70)30-81-46(37(68)28-64)47-43(59-32(3)66)35(61-51(54)55)25-39(83-47)49(74)75)14-9-5-7-12-56-40(69)29-80-45(36(67)27-63)44-33(26-58-31(2)65)34(60-50(52)53)24-38(82-44)48(72)73/h1,24-25,33-37,43-47,63-64,67-68H,5-23,26-30H2,2-3H3,(H,56,69)(H,57,70)(H,58,65)(H,59,66)(H,72,73)(H,74,75)(H4,52,53,60)(H4,54,55,61)/t33?,34-,35-,36+,37+,43+,44+,45+,46+,47+/m0/s1. The first-order valence-electron chi connectivity index (χ1n) is 26.9. The summed E-state index contributed by atoms with van der Waals surface area (Å²) in [4.78, 5) is 97.1. The van der Waals surface area contributed by atoms with Crippen LogP contribution in [0.2, 0.25) is 0 Å². The summed E-state index contributed by atoms with van der Waals surface area (Å²) in [6, 6.07) is -3.48. The average Bonchev–Trinajstić information content (AvgIpc) is 3.64. The van der Waals surface area contributed by atoms with Gasteiger partial charge in [-0.1, -0.05) is 5.92 Å². The number of nitrogens with zero attached hydrogens (tertiary/aromatic N) is 3. The summed E-state index contributed by atoms with van der Waals surface area (Å²) in [7, 11) is 0. The molecule has 0 aromatic carbocycles. The van der Waals surface area contributed by atoms with Crippen LogP contribution >= 0.6 is 0 Å². The second-order valence-corrected chi connectivity index (χ2v) is 18.9. The first-order chi connectivity index (χ1) is 39.6. The highest BCUT2D eigenvalue weighted by molar-refractivity contribution is 5.86. The van der Waals surface area contributed by atoms with E-state index in [4.69, 9.17) is 67.3 Å². The largest absolute Gasteiger partial charge is 0.480 e. The van der Waals surface area contributed by atoms with Gasteiger partial charge in [0.1, 0.15) is 50.3 Å². The van der Waals surface area contributed by atoms with E-state index < -0.39 is 146 Å². The maximum atomic E-state index is 13.5. The molecule has 0 bridgehead atoms. The van der Waals surface area contributed by atoms with E-state index in [1.807, 2.05) is 0 Å². The van der Waals surface area contributed by atoms with E-state index in [0.29, 0.717) is 78.0 Å². The Hall–Kier alpha value is -6.93. The summed E-state index contributed by atoms with van der Waals surface area (Å²) in [5.41, 5.74) is 22.3. The normalized spacial score (nSPS) is 19.7. The number of guanidine groups is 2. The lowest BCUT2D eigenvalue weighted by atomic mass is 9.85. The smallest absolute Gasteiger partial charge is 0.370 e. The number of hydrogen-bond donors (Lipinski definition) is 14. The number of carbonyl (C=O) groups is 7. The van der Waals surface area contributed by atoms with Crippen molar-refractivity contribution in [3.05, 3.63) is 23.7 Å². The summed E-state index contributed by atoms with van der Waals surface area (Å²) < 4.78 is 44.4. The van der Waals surface area contributed by atoms with Gasteiger partial charge in [0, 0.05) is 52.5 Å². The fourth-order valence-electron chi connectivity index (χ4n) is 8.42. The molecule has 0 aliphatic carbocycles. The summed E-state index contributed by atoms with van der Waals surface area (Å²) in [5, 5.41) is 71.2. The Morgan fingerprint density at radius 1 is 0.651 bits per heavy atom. The van der Waals surface area contributed by atoms with Crippen molar-refractivity contribution < 1.29 is 102 Å². The molecule has 470 valence electrons. The van der Waals surface area contributed by atoms with Crippen LogP contribution in [0.1, 0.15) is 58.8 Å². The molecule has 1 unspecified atom stereocenters. The van der Waals surface area contributed by atoms with Crippen molar-refractivity contribution in [1.29, 1.82) is 0 Å². The van der Waals surface area contributed by atoms with Gasteiger partial charge in [0.15, 0.2) is 18.0 Å². The lowest BCUT2D eigenvalue weighted by Crippen LogP contribution is -2.60. The van der Waals surface area contributed by atoms with Crippen molar-refractivity contribution in [2.45, 2.75) is 114 Å². The van der Waals surface area contributed by atoms with Gasteiger partial charge in [-0.25, -0.2) is 19.6 Å². The topological polar surface area (TPSA) is 495 Å². The molecule has 18 N–H and O–H groups in total. The SMILES string of the molecule is C#CCOCCOCCOCCOCCC(=O)N(CCCCCNC(=O)CO[C@H]([C@H](O)CO)[C@@H]1OC(C(=O)O)=C[C@H](N=C(N)N)C1CNC(C)=O)CCCCCNC(=O)CO[C@@H]([C@@H]1OC(C(=O)O)=C[C@H](N=C(N)N)[C@H]1NC(C)=O)[C@H](O)CO. The van der Waals surface area contributed by atoms with Crippen LogP contribution in [0.3, 0.4) is 0 Å². The minimum Gasteiger partial charge on any atom is -0.480 e. The quantitative estimate of drug-likeness (QED) is 0.0117. The summed E-state index contributed by atoms with van der Waals surface area (Å²) >= 11 is 0. The molecular weight excluding hydrogens is 1100 g/mol. The van der Waals surface area contributed by atoms with Crippen LogP contribution in [-0.2, 0) is 71.5 Å². The average molecular weight is 1190 g/mol. The lowest BCUT2D eigenvalue weighted by Gasteiger charge is -2.40. The van der Waals surface area contributed by atoms with Gasteiger partial charge in [-0.15, -0.1) is 6.42 Å². The van der Waals surface area contributed by atoms with Gasteiger partial charge in [0.25, 0.3) is 0 Å². The maximum absolute atomic E-state index is 13.5. The third-order valence-electron chi connectivity index (χ3n) is 12.3. The highest BCUT2D eigenvalue weighted by Crippen LogP contribution is 2.31. The zero-order valence-electron chi connectivity index (χ0n) is 46.9. The summed E-state index contributed by atoms with van der Waals surface area (Å²) in [5.74, 6) is -6.14. The van der Waals surface area contributed by atoms with Gasteiger partial charge in [-0.05, 0) is 50.7 Å². The third kappa shape index (κ3) is 29.2. The number of nitrogens with one attached hydrogen (secondary N) is 4. The number of rotatable bonds is 44. The molecule has 0 saturated carbocycles. The Morgan fingerprint density at radius 3 is 1.57 bits per heavy atom. The molecule has 0 fully saturated rings. The highest BCUT2D eigenvalue weighted by atomic mass is 16.6. The molecule has 0 saturated heterocycles. The fraction of sp³-hybridized carbons (Fsp3) is 0.706. The van der Waals surface area contributed by atoms with Gasteiger partial charge in [-0.2, -0.15) is 0 Å². The lowest BCUT2D eigenvalue weighted by molar-refractivity contribution is -0.161. The monoisotopic (exact) mass is 1190 g/mol. The molecule has 10 atom stereocenters. The van der Waals surface area contributed by atoms with Crippen molar-refractivity contribution in [3.63, 3.8) is 0 Å². The van der Waals surface area contributed by atoms with Crippen LogP contribution in [0.5, 0.6) is 0 Å². The number of carbonyl (C=O) groups excluding carboxylic acids is 5. The van der Waals surface area contributed by atoms with Gasteiger partial charge >= 0.3 is 11.9 Å². The van der Waals surface area contributed by atoms with Crippen LogP contribution in [-0.4, -0.2) is 256 Å². The second-order valence-electron chi connectivity index (χ2n) is 18.9. The van der Waals surface area contributed by atoms with Crippen LogP contribution in [0, 0.1) is 18.3 Å². The molecule has 83 heavy (non-hydrogen) atoms. The van der Waals surface area contributed by atoms with E-state index >= 15 is 0 Å². The van der Waals surface area contributed by atoms with Crippen LogP contribution in [0.4, 0.5) is 0 Å². The van der Waals surface area contributed by atoms with Crippen molar-refractivity contribution in [1.82, 2.24) is 26.2 Å². The molecule has 2 rings (SSSR count). The Morgan fingerprint density at radius 2 is 1.11 bits per heavy atom. The number of carboxylic acid groups (broad SMARTS) is 2. The third-order valence-corrected chi connectivity index (χ3v) is 12.3. The number of nitrogens with two attached hydrogens (primary N) is 4. The van der Waals surface area contributed by atoms with Crippen LogP contribution in [0.15, 0.2) is 33.7 Å². The molecule has 32 heteroatoms. The van der Waals surface area contributed by atoms with Crippen molar-refractivity contribution in [2.24, 2.45) is 38.8 Å². The number of unbranched alkanes of at least 4 members (excludes halogenated alkanes) is 4. The number of hydrogen-bond acceptors (Lipinski definition) is 21. The van der Waals surface area contributed by atoms with E-state index in [9.17, 15) is 64.2 Å². The molecular formula is C51H85N11O21. The maximum Gasteiger partial charge on any atom is 0.370 e. The molecule has 32 nitrogen and oxygen atoms in total. The fourth-order valence-corrected chi connectivity index (χ4v) is 8.42. The zero-order valence-corrected chi connectivity index (χ0v) is 46.9. The number of aliphatic hydroxyl groups is 4. The van der Waals surface area contributed by atoms with E-state index in [1.165, 1.54) is 13.8 Å². The molecule has 0 aromatic heterocycles. The minimum absolute atomic E-state index is 0.0773. The molecule has 2 aliphatic heterocycles. The zero-order chi connectivity index (χ0) is 61.7. The van der Waals surface area contributed by atoms with E-state index in [-0.39, 0.29) is 58.4 Å². The van der Waals surface area contributed by atoms with Crippen molar-refractivity contribution >= 4 is 53.4 Å². The van der Waals surface area contributed by atoms with Crippen LogP contribution in [0.25, 0.3) is 0 Å². The van der Waals surface area contributed by atoms with Crippen molar-refractivity contribution in [2.75, 3.05) is 112 Å². The van der Waals surface area contributed by atoms with Gasteiger partial charge < -0.3 is 118 Å².